The van der Waals surface area contributed by atoms with Gasteiger partial charge in [0, 0.05) is 37.4 Å². The van der Waals surface area contributed by atoms with Gasteiger partial charge in [-0.3, -0.25) is 4.79 Å². The van der Waals surface area contributed by atoms with Crippen molar-refractivity contribution in [2.45, 2.75) is 51.2 Å². The third-order valence-corrected chi connectivity index (χ3v) is 7.97. The van der Waals surface area contributed by atoms with Crippen LogP contribution in [0.1, 0.15) is 48.8 Å². The molecule has 1 aliphatic rings. The monoisotopic (exact) mass is 634 g/mol. The first-order valence-electron chi connectivity index (χ1n) is 16.0. The van der Waals surface area contributed by atoms with Crippen LogP contribution in [0.15, 0.2) is 72.8 Å². The summed E-state index contributed by atoms with van der Waals surface area (Å²) < 4.78 is 29.4. The number of ether oxygens (including phenoxy) is 5. The lowest BCUT2D eigenvalue weighted by molar-refractivity contribution is -0.120. The first-order chi connectivity index (χ1) is 22.5. The van der Waals surface area contributed by atoms with Crippen molar-refractivity contribution >= 4 is 12.0 Å². The highest BCUT2D eigenvalue weighted by Crippen LogP contribution is 2.32. The first kappa shape index (κ1) is 34.6. The second kappa shape index (κ2) is 18.6. The summed E-state index contributed by atoms with van der Waals surface area (Å²) in [4.78, 5) is 24.7. The number of carboxylic acid groups (broad SMARTS) is 1. The number of hydrogen-bond acceptors (Lipinski definition) is 7. The predicted molar refractivity (Wildman–Crippen MR) is 175 cm³/mol. The zero-order chi connectivity index (χ0) is 32.6. The number of para-hydroxylation sites is 2. The van der Waals surface area contributed by atoms with Crippen LogP contribution in [0.2, 0.25) is 0 Å². The van der Waals surface area contributed by atoms with Crippen molar-refractivity contribution in [3.8, 4) is 17.2 Å². The number of rotatable bonds is 18. The molecule has 0 spiro atoms. The zero-order valence-electron chi connectivity index (χ0n) is 26.8. The highest BCUT2D eigenvalue weighted by atomic mass is 16.5. The van der Waals surface area contributed by atoms with Gasteiger partial charge in [-0.05, 0) is 48.2 Å². The molecular formula is C36H46N2O8. The summed E-state index contributed by atoms with van der Waals surface area (Å²) in [5.41, 5.74) is 3.11. The van der Waals surface area contributed by atoms with E-state index in [0.29, 0.717) is 71.9 Å². The Kier molecular flexibility index (Phi) is 14.0. The Morgan fingerprint density at radius 3 is 2.37 bits per heavy atom. The number of methoxy groups -OCH3 is 1. The Hall–Kier alpha value is -4.28. The van der Waals surface area contributed by atoms with Crippen molar-refractivity contribution in [1.82, 2.24) is 10.2 Å². The quantitative estimate of drug-likeness (QED) is 0.172. The van der Waals surface area contributed by atoms with E-state index in [9.17, 15) is 14.7 Å². The highest BCUT2D eigenvalue weighted by Gasteiger charge is 2.33. The molecule has 3 aromatic carbocycles. The smallest absolute Gasteiger partial charge is 0.407 e. The van der Waals surface area contributed by atoms with Gasteiger partial charge in [0.15, 0.2) is 0 Å². The maximum absolute atomic E-state index is 11.7. The van der Waals surface area contributed by atoms with Crippen molar-refractivity contribution in [2.24, 2.45) is 0 Å². The van der Waals surface area contributed by atoms with E-state index in [1.54, 1.807) is 7.11 Å². The lowest BCUT2D eigenvalue weighted by Crippen LogP contribution is -2.46. The molecule has 0 saturated carbocycles. The number of carbonyl (C=O) groups excluding carboxylic acids is 1. The van der Waals surface area contributed by atoms with E-state index in [2.05, 4.69) is 5.32 Å². The topological polar surface area (TPSA) is 116 Å². The van der Waals surface area contributed by atoms with Crippen LogP contribution in [0, 0.1) is 0 Å². The number of nitrogens with zero attached hydrogens (tertiary/aromatic N) is 1. The lowest BCUT2D eigenvalue weighted by atomic mass is 9.87. The molecule has 2 atom stereocenters. The summed E-state index contributed by atoms with van der Waals surface area (Å²) in [7, 11) is 1.66. The number of nitrogens with one attached hydrogen (secondary N) is 1. The molecule has 1 heterocycles. The lowest BCUT2D eigenvalue weighted by Gasteiger charge is -2.37. The minimum atomic E-state index is -0.942. The third kappa shape index (κ3) is 10.7. The van der Waals surface area contributed by atoms with Gasteiger partial charge in [0.2, 0.25) is 5.91 Å². The van der Waals surface area contributed by atoms with E-state index < -0.39 is 6.09 Å². The second-order valence-electron chi connectivity index (χ2n) is 11.1. The number of likely N-dealkylation sites (tertiary alicyclic amines) is 1. The molecule has 2 N–H and O–H groups in total. The minimum Gasteiger partial charge on any atom is -0.496 e. The van der Waals surface area contributed by atoms with Gasteiger partial charge >= 0.3 is 6.09 Å². The number of carbonyl (C=O) groups is 2. The largest absolute Gasteiger partial charge is 0.496 e. The molecule has 1 aliphatic heterocycles. The maximum atomic E-state index is 11.7. The fourth-order valence-electron chi connectivity index (χ4n) is 5.47. The number of amides is 2. The summed E-state index contributed by atoms with van der Waals surface area (Å²) in [5, 5.41) is 12.5. The van der Waals surface area contributed by atoms with Crippen molar-refractivity contribution in [3.63, 3.8) is 0 Å². The Bertz CT molecular complexity index is 1370. The summed E-state index contributed by atoms with van der Waals surface area (Å²) in [6, 6.07) is 23.6. The fraction of sp³-hybridized carbons (Fsp3) is 0.444. The SMILES string of the molecule is CCC(=O)NCCc1ccccc1OCCOC1CN(C(=O)O)CCC1c1ccc(OCCCOCc2ccccc2OC)cc1. The van der Waals surface area contributed by atoms with Crippen molar-refractivity contribution < 1.29 is 38.4 Å². The Morgan fingerprint density at radius 1 is 0.891 bits per heavy atom. The van der Waals surface area contributed by atoms with Gasteiger partial charge in [-0.15, -0.1) is 0 Å². The second-order valence-corrected chi connectivity index (χ2v) is 11.1. The maximum Gasteiger partial charge on any atom is 0.407 e. The molecule has 1 saturated heterocycles. The molecule has 10 heteroatoms. The molecular weight excluding hydrogens is 588 g/mol. The van der Waals surface area contributed by atoms with Crippen LogP contribution in [0.25, 0.3) is 0 Å². The van der Waals surface area contributed by atoms with Crippen LogP contribution in [-0.4, -0.2) is 81.3 Å². The van der Waals surface area contributed by atoms with Gasteiger partial charge < -0.3 is 39.0 Å². The average molecular weight is 635 g/mol. The van der Waals surface area contributed by atoms with E-state index >= 15 is 0 Å². The van der Waals surface area contributed by atoms with Crippen LogP contribution in [0.5, 0.6) is 17.2 Å². The van der Waals surface area contributed by atoms with E-state index in [0.717, 1.165) is 40.4 Å². The average Bonchev–Trinajstić information content (AvgIpc) is 3.09. The van der Waals surface area contributed by atoms with Gasteiger partial charge in [-0.2, -0.15) is 0 Å². The molecule has 2 unspecified atom stereocenters. The molecule has 2 amide bonds. The highest BCUT2D eigenvalue weighted by molar-refractivity contribution is 5.75. The van der Waals surface area contributed by atoms with Crippen molar-refractivity contribution in [2.75, 3.05) is 53.2 Å². The molecule has 0 aromatic heterocycles. The van der Waals surface area contributed by atoms with Crippen LogP contribution < -0.4 is 19.5 Å². The van der Waals surface area contributed by atoms with E-state index in [4.69, 9.17) is 23.7 Å². The zero-order valence-corrected chi connectivity index (χ0v) is 26.8. The summed E-state index contributed by atoms with van der Waals surface area (Å²) in [6.07, 6.45) is 1.29. The van der Waals surface area contributed by atoms with Crippen LogP contribution in [-0.2, 0) is 27.3 Å². The molecule has 3 aromatic rings. The molecule has 1 fully saturated rings. The first-order valence-corrected chi connectivity index (χ1v) is 16.0. The number of hydrogen-bond donors (Lipinski definition) is 2. The predicted octanol–water partition coefficient (Wildman–Crippen LogP) is 5.68. The molecule has 10 nitrogen and oxygen atoms in total. The van der Waals surface area contributed by atoms with E-state index in [1.807, 2.05) is 79.7 Å². The van der Waals surface area contributed by atoms with E-state index in [-0.39, 0.29) is 17.9 Å². The summed E-state index contributed by atoms with van der Waals surface area (Å²) >= 11 is 0. The molecule has 46 heavy (non-hydrogen) atoms. The minimum absolute atomic E-state index is 0.0218. The Morgan fingerprint density at radius 2 is 1.63 bits per heavy atom. The summed E-state index contributed by atoms with van der Waals surface area (Å²) in [6.45, 7) is 5.35. The van der Waals surface area contributed by atoms with E-state index in [1.165, 1.54) is 4.90 Å². The van der Waals surface area contributed by atoms with Crippen LogP contribution in [0.3, 0.4) is 0 Å². The van der Waals surface area contributed by atoms with Crippen LogP contribution in [0.4, 0.5) is 4.79 Å². The van der Waals surface area contributed by atoms with Gasteiger partial charge in [-0.25, -0.2) is 4.79 Å². The van der Waals surface area contributed by atoms with Crippen molar-refractivity contribution in [3.05, 3.63) is 89.5 Å². The van der Waals surface area contributed by atoms with Crippen molar-refractivity contribution in [1.29, 1.82) is 0 Å². The molecule has 0 radical (unpaired) electrons. The van der Waals surface area contributed by atoms with Gasteiger partial charge in [0.25, 0.3) is 0 Å². The fourth-order valence-corrected chi connectivity index (χ4v) is 5.47. The Balaban J connectivity index is 1.23. The molecule has 0 aliphatic carbocycles. The third-order valence-electron chi connectivity index (χ3n) is 7.97. The van der Waals surface area contributed by atoms with Crippen LogP contribution >= 0.6 is 0 Å². The summed E-state index contributed by atoms with van der Waals surface area (Å²) in [5.74, 6) is 2.41. The van der Waals surface area contributed by atoms with Gasteiger partial charge in [-0.1, -0.05) is 55.5 Å². The molecule has 0 bridgehead atoms. The number of benzene rings is 3. The normalized spacial score (nSPS) is 16.1. The van der Waals surface area contributed by atoms with Gasteiger partial charge in [0.1, 0.15) is 23.9 Å². The molecule has 4 rings (SSSR count). The molecule has 248 valence electrons. The van der Waals surface area contributed by atoms with Gasteiger partial charge in [0.05, 0.1) is 46.2 Å². The standard InChI is InChI=1S/C36H46N2O8/c1-3-35(39)37-19-17-28-9-4-7-12-33(28)45-23-24-46-34-25-38(36(40)41)20-18-31(34)27-13-15-30(16-14-27)44-22-8-21-43-26-29-10-5-6-11-32(29)42-2/h4-7,9-16,31,34H,3,8,17-26H2,1-2H3,(H,37,39)(H,40,41). The Labute approximate surface area is 271 Å². The number of piperidine rings is 1.